The molecular formula is C13H17ClN6S. The lowest BCUT2D eigenvalue weighted by Gasteiger charge is -2.36. The maximum absolute atomic E-state index is 5.83. The van der Waals surface area contributed by atoms with E-state index in [0.29, 0.717) is 11.1 Å². The van der Waals surface area contributed by atoms with Gasteiger partial charge in [0.2, 0.25) is 11.1 Å². The van der Waals surface area contributed by atoms with E-state index in [1.165, 1.54) is 11.5 Å². The van der Waals surface area contributed by atoms with Crippen LogP contribution in [-0.2, 0) is 0 Å². The molecule has 0 N–H and O–H groups in total. The predicted molar refractivity (Wildman–Crippen MR) is 85.3 cm³/mol. The van der Waals surface area contributed by atoms with Gasteiger partial charge in [0.05, 0.1) is 17.4 Å². The highest BCUT2D eigenvalue weighted by atomic mass is 35.5. The van der Waals surface area contributed by atoms with E-state index in [1.54, 1.807) is 12.4 Å². The van der Waals surface area contributed by atoms with Gasteiger partial charge in [-0.1, -0.05) is 11.6 Å². The van der Waals surface area contributed by atoms with Crippen molar-refractivity contribution in [2.45, 2.75) is 25.8 Å². The van der Waals surface area contributed by atoms with E-state index >= 15 is 0 Å². The van der Waals surface area contributed by atoms with Crippen molar-refractivity contribution in [3.05, 3.63) is 23.2 Å². The molecule has 0 amide bonds. The first-order valence-corrected chi connectivity index (χ1v) is 8.04. The van der Waals surface area contributed by atoms with Crippen LogP contribution in [0.25, 0.3) is 0 Å². The third kappa shape index (κ3) is 3.24. The van der Waals surface area contributed by atoms with Crippen LogP contribution in [0.2, 0.25) is 5.02 Å². The highest BCUT2D eigenvalue weighted by Crippen LogP contribution is 2.25. The van der Waals surface area contributed by atoms with Gasteiger partial charge in [-0.2, -0.15) is 4.37 Å². The summed E-state index contributed by atoms with van der Waals surface area (Å²) in [6.07, 6.45) is 5.39. The van der Waals surface area contributed by atoms with Gasteiger partial charge < -0.3 is 9.80 Å². The lowest BCUT2D eigenvalue weighted by atomic mass is 10.0. The van der Waals surface area contributed by atoms with Crippen LogP contribution < -0.4 is 9.80 Å². The first kappa shape index (κ1) is 14.5. The van der Waals surface area contributed by atoms with Crippen LogP contribution in [-0.4, -0.2) is 45.5 Å². The van der Waals surface area contributed by atoms with E-state index in [1.807, 2.05) is 14.0 Å². The molecule has 1 fully saturated rings. The Kier molecular flexibility index (Phi) is 4.21. The summed E-state index contributed by atoms with van der Waals surface area (Å²) in [4.78, 5) is 17.5. The molecule has 0 saturated carbocycles. The number of aromatic nitrogens is 4. The molecule has 21 heavy (non-hydrogen) atoms. The van der Waals surface area contributed by atoms with Gasteiger partial charge >= 0.3 is 0 Å². The molecule has 1 aliphatic rings. The fourth-order valence-corrected chi connectivity index (χ4v) is 3.33. The Labute approximate surface area is 133 Å². The molecule has 2 aromatic heterocycles. The van der Waals surface area contributed by atoms with Crippen molar-refractivity contribution in [2.75, 3.05) is 29.9 Å². The number of aryl methyl sites for hydroxylation is 1. The number of piperidine rings is 1. The Morgan fingerprint density at radius 1 is 1.29 bits per heavy atom. The summed E-state index contributed by atoms with van der Waals surface area (Å²) in [6.45, 7) is 3.90. The van der Waals surface area contributed by atoms with Crippen LogP contribution in [0.3, 0.4) is 0 Å². The second kappa shape index (κ2) is 6.11. The molecular weight excluding hydrogens is 308 g/mol. The zero-order chi connectivity index (χ0) is 14.8. The van der Waals surface area contributed by atoms with Crippen molar-refractivity contribution >= 4 is 34.2 Å². The maximum atomic E-state index is 5.83. The lowest BCUT2D eigenvalue weighted by molar-refractivity contribution is 0.477. The molecule has 2 aromatic rings. The van der Waals surface area contributed by atoms with Gasteiger partial charge in [-0.3, -0.25) is 0 Å². The summed E-state index contributed by atoms with van der Waals surface area (Å²) in [5.74, 6) is 1.58. The van der Waals surface area contributed by atoms with Crippen molar-refractivity contribution in [3.63, 3.8) is 0 Å². The molecule has 6 nitrogen and oxygen atoms in total. The van der Waals surface area contributed by atoms with E-state index in [4.69, 9.17) is 11.6 Å². The Morgan fingerprint density at radius 2 is 1.95 bits per heavy atom. The van der Waals surface area contributed by atoms with Gasteiger partial charge in [-0.25, -0.2) is 15.0 Å². The minimum Gasteiger partial charge on any atom is -0.347 e. The number of hydrogen-bond donors (Lipinski definition) is 0. The average Bonchev–Trinajstić information content (AvgIpc) is 2.94. The minimum atomic E-state index is 0.441. The van der Waals surface area contributed by atoms with Crippen LogP contribution in [0.1, 0.15) is 18.7 Å². The Hall–Kier alpha value is -1.47. The third-order valence-electron chi connectivity index (χ3n) is 3.72. The van der Waals surface area contributed by atoms with Crippen LogP contribution >= 0.6 is 23.1 Å². The standard InChI is InChI=1S/C13H17ClN6S/c1-9-17-13(21-18-9)20-5-3-11(4-6-20)19(2)12-15-7-10(14)8-16-12/h7-8,11H,3-6H2,1-2H3. The van der Waals surface area contributed by atoms with Gasteiger partial charge in [0, 0.05) is 37.7 Å². The van der Waals surface area contributed by atoms with Gasteiger partial charge in [0.25, 0.3) is 0 Å². The number of anilines is 2. The van der Waals surface area contributed by atoms with Gasteiger partial charge in [0.15, 0.2) is 0 Å². The van der Waals surface area contributed by atoms with E-state index in [9.17, 15) is 0 Å². The molecule has 0 bridgehead atoms. The zero-order valence-corrected chi connectivity index (χ0v) is 13.6. The summed E-state index contributed by atoms with van der Waals surface area (Å²) in [5, 5.41) is 1.59. The van der Waals surface area contributed by atoms with Crippen LogP contribution in [0.5, 0.6) is 0 Å². The van der Waals surface area contributed by atoms with Crippen LogP contribution in [0.4, 0.5) is 11.1 Å². The third-order valence-corrected chi connectivity index (χ3v) is 4.79. The largest absolute Gasteiger partial charge is 0.347 e. The summed E-state index contributed by atoms with van der Waals surface area (Å²) in [6, 6.07) is 0.441. The predicted octanol–water partition coefficient (Wildman–Crippen LogP) is 2.40. The molecule has 112 valence electrons. The summed E-state index contributed by atoms with van der Waals surface area (Å²) < 4.78 is 4.25. The van der Waals surface area contributed by atoms with Crippen molar-refractivity contribution < 1.29 is 0 Å². The van der Waals surface area contributed by atoms with Gasteiger partial charge in [0.1, 0.15) is 5.82 Å². The minimum absolute atomic E-state index is 0.441. The fraction of sp³-hybridized carbons (Fsp3) is 0.538. The number of hydrogen-bond acceptors (Lipinski definition) is 7. The van der Waals surface area contributed by atoms with Crippen LogP contribution in [0, 0.1) is 6.92 Å². The summed E-state index contributed by atoms with van der Waals surface area (Å²) >= 11 is 7.30. The maximum Gasteiger partial charge on any atom is 0.225 e. The molecule has 8 heteroatoms. The van der Waals surface area contributed by atoms with E-state index in [-0.39, 0.29) is 0 Å². The smallest absolute Gasteiger partial charge is 0.225 e. The lowest BCUT2D eigenvalue weighted by Crippen LogP contribution is -2.44. The second-order valence-corrected chi connectivity index (χ2v) is 6.32. The molecule has 0 radical (unpaired) electrons. The van der Waals surface area contributed by atoms with E-state index in [0.717, 1.165) is 42.8 Å². The Morgan fingerprint density at radius 3 is 2.52 bits per heavy atom. The van der Waals surface area contributed by atoms with E-state index in [2.05, 4.69) is 29.1 Å². The molecule has 0 spiro atoms. The second-order valence-electron chi connectivity index (χ2n) is 5.15. The normalized spacial score (nSPS) is 16.2. The van der Waals surface area contributed by atoms with Gasteiger partial charge in [-0.05, 0) is 19.8 Å². The number of halogens is 1. The molecule has 0 aliphatic carbocycles. The van der Waals surface area contributed by atoms with Crippen molar-refractivity contribution in [1.29, 1.82) is 0 Å². The summed E-state index contributed by atoms with van der Waals surface area (Å²) in [5.41, 5.74) is 0. The fourth-order valence-electron chi connectivity index (χ4n) is 2.51. The molecule has 1 saturated heterocycles. The van der Waals surface area contributed by atoms with Crippen molar-refractivity contribution in [1.82, 2.24) is 19.3 Å². The average molecular weight is 325 g/mol. The van der Waals surface area contributed by atoms with Crippen molar-refractivity contribution in [2.24, 2.45) is 0 Å². The monoisotopic (exact) mass is 324 g/mol. The van der Waals surface area contributed by atoms with E-state index < -0.39 is 0 Å². The first-order chi connectivity index (χ1) is 10.1. The molecule has 3 heterocycles. The number of rotatable bonds is 3. The topological polar surface area (TPSA) is 58.0 Å². The first-order valence-electron chi connectivity index (χ1n) is 6.89. The molecule has 1 aliphatic heterocycles. The van der Waals surface area contributed by atoms with Crippen molar-refractivity contribution in [3.8, 4) is 0 Å². The molecule has 0 atom stereocenters. The molecule has 0 unspecified atom stereocenters. The Balaban J connectivity index is 1.61. The quantitative estimate of drug-likeness (QED) is 0.864. The summed E-state index contributed by atoms with van der Waals surface area (Å²) in [7, 11) is 2.04. The van der Waals surface area contributed by atoms with Gasteiger partial charge in [-0.15, -0.1) is 0 Å². The Bertz CT molecular complexity index is 593. The van der Waals surface area contributed by atoms with Crippen LogP contribution in [0.15, 0.2) is 12.4 Å². The molecule has 3 rings (SSSR count). The zero-order valence-electron chi connectivity index (χ0n) is 12.0. The highest BCUT2D eigenvalue weighted by Gasteiger charge is 2.25. The number of nitrogens with zero attached hydrogens (tertiary/aromatic N) is 6. The SMILES string of the molecule is Cc1nsc(N2CCC(N(C)c3ncc(Cl)cn3)CC2)n1. The highest BCUT2D eigenvalue weighted by molar-refractivity contribution is 7.09. The molecule has 0 aromatic carbocycles.